The van der Waals surface area contributed by atoms with Crippen molar-refractivity contribution in [2.24, 2.45) is 0 Å². The Bertz CT molecular complexity index is 431. The van der Waals surface area contributed by atoms with Crippen LogP contribution in [0.15, 0.2) is 12.3 Å². The number of nitrogens with zero attached hydrogens (tertiary/aromatic N) is 1. The number of hydrogen-bond donors (Lipinski definition) is 3. The van der Waals surface area contributed by atoms with E-state index in [1.54, 1.807) is 6.07 Å². The lowest BCUT2D eigenvalue weighted by molar-refractivity contribution is 0.0697. The molecule has 0 spiro atoms. The molecule has 0 aliphatic carbocycles. The fourth-order valence-electron chi connectivity index (χ4n) is 2.10. The van der Waals surface area contributed by atoms with Gasteiger partial charge in [0.25, 0.3) is 0 Å². The van der Waals surface area contributed by atoms with Gasteiger partial charge in [-0.1, -0.05) is 11.6 Å². The molecule has 0 amide bonds. The average molecular weight is 270 g/mol. The van der Waals surface area contributed by atoms with Gasteiger partial charge in [-0.2, -0.15) is 0 Å². The van der Waals surface area contributed by atoms with Gasteiger partial charge >= 0.3 is 5.97 Å². The third-order valence-electron chi connectivity index (χ3n) is 3.04. The minimum absolute atomic E-state index is 0.164. The topological polar surface area (TPSA) is 74.2 Å². The van der Waals surface area contributed by atoms with Gasteiger partial charge in [0.1, 0.15) is 10.7 Å². The molecule has 1 aliphatic heterocycles. The number of carbonyl (C=O) groups is 1. The number of rotatable bonds is 3. The first-order valence-electron chi connectivity index (χ1n) is 6.03. The Morgan fingerprint density at radius 2 is 2.33 bits per heavy atom. The molecule has 3 N–H and O–H groups in total. The van der Waals surface area contributed by atoms with Crippen LogP contribution in [0.5, 0.6) is 0 Å². The van der Waals surface area contributed by atoms with E-state index in [0.29, 0.717) is 10.8 Å². The monoisotopic (exact) mass is 269 g/mol. The highest BCUT2D eigenvalue weighted by atomic mass is 35.5. The third-order valence-corrected chi connectivity index (χ3v) is 3.24. The van der Waals surface area contributed by atoms with E-state index >= 15 is 0 Å². The van der Waals surface area contributed by atoms with Crippen LogP contribution in [0.2, 0.25) is 5.15 Å². The van der Waals surface area contributed by atoms with E-state index in [1.165, 1.54) is 6.20 Å². The molecule has 98 valence electrons. The molecule has 2 rings (SSSR count). The van der Waals surface area contributed by atoms with Crippen LogP contribution >= 0.6 is 11.6 Å². The zero-order valence-electron chi connectivity index (χ0n) is 9.95. The lowest BCUT2D eigenvalue weighted by Crippen LogP contribution is -2.22. The van der Waals surface area contributed by atoms with Gasteiger partial charge in [-0.25, -0.2) is 9.78 Å². The SMILES string of the molecule is O=C(O)c1cnc(Cl)cc1N[C@@H]1CCCNCC1. The van der Waals surface area contributed by atoms with Crippen LogP contribution in [-0.2, 0) is 0 Å². The molecule has 6 heteroatoms. The lowest BCUT2D eigenvalue weighted by Gasteiger charge is -2.18. The van der Waals surface area contributed by atoms with E-state index in [1.807, 2.05) is 0 Å². The Hall–Kier alpha value is -1.33. The van der Waals surface area contributed by atoms with Gasteiger partial charge in [-0.15, -0.1) is 0 Å². The van der Waals surface area contributed by atoms with E-state index in [9.17, 15) is 4.79 Å². The van der Waals surface area contributed by atoms with Gasteiger partial charge in [-0.3, -0.25) is 0 Å². The summed E-state index contributed by atoms with van der Waals surface area (Å²) in [6.45, 7) is 1.96. The summed E-state index contributed by atoms with van der Waals surface area (Å²) >= 11 is 5.82. The molecule has 1 aromatic heterocycles. The molecule has 0 bridgehead atoms. The van der Waals surface area contributed by atoms with Gasteiger partial charge in [0, 0.05) is 12.2 Å². The van der Waals surface area contributed by atoms with E-state index in [4.69, 9.17) is 16.7 Å². The Labute approximate surface area is 111 Å². The summed E-state index contributed by atoms with van der Waals surface area (Å²) in [5.74, 6) is -0.992. The van der Waals surface area contributed by atoms with Crippen LogP contribution in [0.3, 0.4) is 0 Å². The number of halogens is 1. The number of pyridine rings is 1. The number of aromatic nitrogens is 1. The average Bonchev–Trinajstić information content (AvgIpc) is 2.57. The second-order valence-electron chi connectivity index (χ2n) is 4.38. The van der Waals surface area contributed by atoms with Crippen molar-refractivity contribution >= 4 is 23.3 Å². The molecule has 0 aromatic carbocycles. The van der Waals surface area contributed by atoms with Gasteiger partial charge in [0.2, 0.25) is 0 Å². The highest BCUT2D eigenvalue weighted by Crippen LogP contribution is 2.21. The predicted molar refractivity (Wildman–Crippen MR) is 70.3 cm³/mol. The van der Waals surface area contributed by atoms with Crippen molar-refractivity contribution in [1.29, 1.82) is 0 Å². The van der Waals surface area contributed by atoms with Crippen LogP contribution in [0, 0.1) is 0 Å². The first-order chi connectivity index (χ1) is 8.66. The number of nitrogens with one attached hydrogen (secondary N) is 2. The second-order valence-corrected chi connectivity index (χ2v) is 4.77. The van der Waals surface area contributed by atoms with Gasteiger partial charge in [0.15, 0.2) is 0 Å². The normalized spacial score (nSPS) is 20.2. The maximum absolute atomic E-state index is 11.1. The Balaban J connectivity index is 2.15. The number of aromatic carboxylic acids is 1. The Kier molecular flexibility index (Phi) is 4.38. The van der Waals surface area contributed by atoms with Crippen molar-refractivity contribution in [1.82, 2.24) is 10.3 Å². The smallest absolute Gasteiger partial charge is 0.339 e. The predicted octanol–water partition coefficient (Wildman–Crippen LogP) is 1.99. The largest absolute Gasteiger partial charge is 0.478 e. The first-order valence-corrected chi connectivity index (χ1v) is 6.40. The highest BCUT2D eigenvalue weighted by Gasteiger charge is 2.16. The maximum Gasteiger partial charge on any atom is 0.339 e. The standard InChI is InChI=1S/C12H16ClN3O2/c13-11-6-10(9(7-15-11)12(17)18)16-8-2-1-4-14-5-3-8/h6-8,14H,1-5H2,(H,15,16)(H,17,18)/t8-/m1/s1. The molecule has 0 unspecified atom stereocenters. The van der Waals surface area contributed by atoms with Crippen LogP contribution < -0.4 is 10.6 Å². The first kappa shape index (κ1) is 13.1. The van der Waals surface area contributed by atoms with Gasteiger partial charge in [0.05, 0.1) is 5.69 Å². The Morgan fingerprint density at radius 3 is 3.11 bits per heavy atom. The van der Waals surface area contributed by atoms with E-state index < -0.39 is 5.97 Å². The maximum atomic E-state index is 11.1. The molecule has 18 heavy (non-hydrogen) atoms. The summed E-state index contributed by atoms with van der Waals surface area (Å²) in [6.07, 6.45) is 4.37. The van der Waals surface area contributed by atoms with Gasteiger partial charge < -0.3 is 15.7 Å². The molecule has 2 heterocycles. The van der Waals surface area contributed by atoms with E-state index in [0.717, 1.165) is 32.4 Å². The quantitative estimate of drug-likeness (QED) is 0.732. The van der Waals surface area contributed by atoms with E-state index in [2.05, 4.69) is 15.6 Å². The van der Waals surface area contributed by atoms with Crippen LogP contribution in [0.1, 0.15) is 29.6 Å². The van der Waals surface area contributed by atoms with Crippen LogP contribution in [0.4, 0.5) is 5.69 Å². The summed E-state index contributed by atoms with van der Waals surface area (Å²) in [4.78, 5) is 14.9. The van der Waals surface area contributed by atoms with Crippen LogP contribution in [-0.4, -0.2) is 35.2 Å². The molecule has 1 aliphatic rings. The van der Waals surface area contributed by atoms with Crippen molar-refractivity contribution < 1.29 is 9.90 Å². The fraction of sp³-hybridized carbons (Fsp3) is 0.500. The fourth-order valence-corrected chi connectivity index (χ4v) is 2.26. The van der Waals surface area contributed by atoms with Crippen LogP contribution in [0.25, 0.3) is 0 Å². The molecular formula is C12H16ClN3O2. The van der Waals surface area contributed by atoms with E-state index in [-0.39, 0.29) is 11.6 Å². The second kappa shape index (κ2) is 6.02. The molecular weight excluding hydrogens is 254 g/mol. The lowest BCUT2D eigenvalue weighted by atomic mass is 10.1. The summed E-state index contributed by atoms with van der Waals surface area (Å²) in [5, 5.41) is 16.0. The van der Waals surface area contributed by atoms with Crippen molar-refractivity contribution in [3.8, 4) is 0 Å². The summed E-state index contributed by atoms with van der Waals surface area (Å²) in [6, 6.07) is 1.85. The van der Waals surface area contributed by atoms with Crippen molar-refractivity contribution in [3.05, 3.63) is 23.0 Å². The molecule has 0 radical (unpaired) electrons. The van der Waals surface area contributed by atoms with Crippen molar-refractivity contribution in [2.75, 3.05) is 18.4 Å². The molecule has 1 fully saturated rings. The zero-order valence-corrected chi connectivity index (χ0v) is 10.7. The molecule has 1 atom stereocenters. The zero-order chi connectivity index (χ0) is 13.0. The summed E-state index contributed by atoms with van der Waals surface area (Å²) in [7, 11) is 0. The number of carboxylic acids is 1. The summed E-state index contributed by atoms with van der Waals surface area (Å²) in [5.41, 5.74) is 0.714. The molecule has 1 aromatic rings. The Morgan fingerprint density at radius 1 is 1.50 bits per heavy atom. The van der Waals surface area contributed by atoms with Crippen molar-refractivity contribution in [2.45, 2.75) is 25.3 Å². The minimum atomic E-state index is -0.992. The molecule has 1 saturated heterocycles. The van der Waals surface area contributed by atoms with Gasteiger partial charge in [-0.05, 0) is 38.4 Å². The molecule has 5 nitrogen and oxygen atoms in total. The highest BCUT2D eigenvalue weighted by molar-refractivity contribution is 6.29. The number of anilines is 1. The molecule has 0 saturated carbocycles. The summed E-state index contributed by atoms with van der Waals surface area (Å²) < 4.78 is 0. The number of hydrogen-bond acceptors (Lipinski definition) is 4. The minimum Gasteiger partial charge on any atom is -0.478 e. The number of carboxylic acid groups (broad SMARTS) is 1. The van der Waals surface area contributed by atoms with Crippen molar-refractivity contribution in [3.63, 3.8) is 0 Å². The third kappa shape index (κ3) is 3.34.